The van der Waals surface area contributed by atoms with Gasteiger partial charge >= 0.3 is 0 Å². The van der Waals surface area contributed by atoms with Crippen LogP contribution in [0.1, 0.15) is 32.6 Å². The molecule has 1 rings (SSSR count). The van der Waals surface area contributed by atoms with E-state index in [1.807, 2.05) is 7.05 Å². The molecule has 1 unspecified atom stereocenters. The summed E-state index contributed by atoms with van der Waals surface area (Å²) in [5, 5.41) is 0. The smallest absolute Gasteiger partial charge is 0.222 e. The van der Waals surface area contributed by atoms with Crippen LogP contribution in [-0.4, -0.2) is 36.3 Å². The SMILES string of the molecule is CCCC(N)=NC1CCC(=O)N(C)C1. The number of hydrogen-bond acceptors (Lipinski definition) is 2. The number of hydrogen-bond donors (Lipinski definition) is 1. The number of amidine groups is 1. The van der Waals surface area contributed by atoms with Gasteiger partial charge in [-0.25, -0.2) is 0 Å². The molecule has 1 atom stereocenters. The third kappa shape index (κ3) is 3.01. The van der Waals surface area contributed by atoms with Gasteiger partial charge < -0.3 is 10.6 Å². The van der Waals surface area contributed by atoms with Crippen LogP contribution in [0.3, 0.4) is 0 Å². The summed E-state index contributed by atoms with van der Waals surface area (Å²) >= 11 is 0. The molecule has 0 spiro atoms. The first-order chi connectivity index (χ1) is 6.63. The molecule has 1 aliphatic heterocycles. The van der Waals surface area contributed by atoms with Crippen LogP contribution in [0.5, 0.6) is 0 Å². The van der Waals surface area contributed by atoms with Crippen LogP contribution < -0.4 is 5.73 Å². The first-order valence-corrected chi connectivity index (χ1v) is 5.19. The van der Waals surface area contributed by atoms with Gasteiger partial charge in [0.1, 0.15) is 0 Å². The number of likely N-dealkylation sites (tertiary alicyclic amines) is 1. The van der Waals surface area contributed by atoms with Crippen molar-refractivity contribution in [2.75, 3.05) is 13.6 Å². The monoisotopic (exact) mass is 197 g/mol. The van der Waals surface area contributed by atoms with Crippen LogP contribution in [0.25, 0.3) is 0 Å². The fourth-order valence-corrected chi connectivity index (χ4v) is 1.65. The Bertz CT molecular complexity index is 238. The average molecular weight is 197 g/mol. The maximum absolute atomic E-state index is 11.2. The fourth-order valence-electron chi connectivity index (χ4n) is 1.65. The van der Waals surface area contributed by atoms with Crippen molar-refractivity contribution in [1.29, 1.82) is 0 Å². The highest BCUT2D eigenvalue weighted by Crippen LogP contribution is 2.12. The molecule has 0 radical (unpaired) electrons. The van der Waals surface area contributed by atoms with Gasteiger partial charge in [0.15, 0.2) is 0 Å². The lowest BCUT2D eigenvalue weighted by atomic mass is 10.1. The number of piperidine rings is 1. The van der Waals surface area contributed by atoms with E-state index in [0.29, 0.717) is 13.0 Å². The van der Waals surface area contributed by atoms with E-state index in [2.05, 4.69) is 11.9 Å². The van der Waals surface area contributed by atoms with Crippen molar-refractivity contribution in [2.24, 2.45) is 10.7 Å². The number of likely N-dealkylation sites (N-methyl/N-ethyl adjacent to an activating group) is 1. The lowest BCUT2D eigenvalue weighted by Gasteiger charge is -2.27. The Morgan fingerprint density at radius 1 is 1.71 bits per heavy atom. The summed E-state index contributed by atoms with van der Waals surface area (Å²) in [5.74, 6) is 0.936. The molecular weight excluding hydrogens is 178 g/mol. The predicted octanol–water partition coefficient (Wildman–Crippen LogP) is 0.764. The molecule has 0 bridgehead atoms. The van der Waals surface area contributed by atoms with Gasteiger partial charge in [-0.3, -0.25) is 9.79 Å². The minimum absolute atomic E-state index is 0.212. The van der Waals surface area contributed by atoms with Crippen LogP contribution in [0.4, 0.5) is 0 Å². The van der Waals surface area contributed by atoms with Crippen molar-refractivity contribution in [2.45, 2.75) is 38.6 Å². The van der Waals surface area contributed by atoms with Crippen molar-refractivity contribution < 1.29 is 4.79 Å². The molecule has 0 aromatic carbocycles. The van der Waals surface area contributed by atoms with E-state index < -0.39 is 0 Å². The first kappa shape index (κ1) is 11.0. The van der Waals surface area contributed by atoms with Crippen LogP contribution in [0, 0.1) is 0 Å². The quantitative estimate of drug-likeness (QED) is 0.536. The van der Waals surface area contributed by atoms with E-state index >= 15 is 0 Å². The van der Waals surface area contributed by atoms with Gasteiger partial charge in [-0.15, -0.1) is 0 Å². The first-order valence-electron chi connectivity index (χ1n) is 5.19. The molecule has 1 fully saturated rings. The predicted molar refractivity (Wildman–Crippen MR) is 57.2 cm³/mol. The van der Waals surface area contributed by atoms with E-state index in [1.165, 1.54) is 0 Å². The molecule has 0 saturated carbocycles. The van der Waals surface area contributed by atoms with Crippen molar-refractivity contribution in [3.05, 3.63) is 0 Å². The third-order valence-electron chi connectivity index (χ3n) is 2.46. The maximum Gasteiger partial charge on any atom is 0.222 e. The minimum atomic E-state index is 0.212. The molecule has 14 heavy (non-hydrogen) atoms. The molecule has 0 aromatic rings. The van der Waals surface area contributed by atoms with Crippen LogP contribution in [-0.2, 0) is 4.79 Å². The number of carbonyl (C=O) groups is 1. The van der Waals surface area contributed by atoms with Crippen LogP contribution in [0.2, 0.25) is 0 Å². The molecule has 1 amide bonds. The van der Waals surface area contributed by atoms with Gasteiger partial charge in [0, 0.05) is 26.4 Å². The fraction of sp³-hybridized carbons (Fsp3) is 0.800. The van der Waals surface area contributed by atoms with Gasteiger partial charge in [0.2, 0.25) is 5.91 Å². The van der Waals surface area contributed by atoms with Crippen LogP contribution >= 0.6 is 0 Å². The van der Waals surface area contributed by atoms with E-state index in [-0.39, 0.29) is 11.9 Å². The zero-order chi connectivity index (χ0) is 10.6. The molecule has 2 N–H and O–H groups in total. The Morgan fingerprint density at radius 2 is 2.43 bits per heavy atom. The highest BCUT2D eigenvalue weighted by atomic mass is 16.2. The number of rotatable bonds is 3. The van der Waals surface area contributed by atoms with E-state index in [1.54, 1.807) is 4.90 Å². The van der Waals surface area contributed by atoms with Gasteiger partial charge in [-0.1, -0.05) is 6.92 Å². The molecule has 4 heteroatoms. The number of aliphatic imine (C=N–C) groups is 1. The Morgan fingerprint density at radius 3 is 3.00 bits per heavy atom. The molecule has 80 valence electrons. The Labute approximate surface area is 85.2 Å². The number of nitrogens with zero attached hydrogens (tertiary/aromatic N) is 2. The second kappa shape index (κ2) is 4.98. The maximum atomic E-state index is 11.2. The van der Waals surface area contributed by atoms with Crippen molar-refractivity contribution in [3.8, 4) is 0 Å². The second-order valence-electron chi connectivity index (χ2n) is 3.84. The zero-order valence-corrected chi connectivity index (χ0v) is 8.99. The van der Waals surface area contributed by atoms with Crippen molar-refractivity contribution in [1.82, 2.24) is 4.90 Å². The normalized spacial score (nSPS) is 24.1. The lowest BCUT2D eigenvalue weighted by Crippen LogP contribution is -2.39. The van der Waals surface area contributed by atoms with Gasteiger partial charge in [-0.2, -0.15) is 0 Å². The van der Waals surface area contributed by atoms with Crippen molar-refractivity contribution in [3.63, 3.8) is 0 Å². The summed E-state index contributed by atoms with van der Waals surface area (Å²) in [5.41, 5.74) is 5.74. The summed E-state index contributed by atoms with van der Waals surface area (Å²) in [7, 11) is 1.82. The van der Waals surface area contributed by atoms with Gasteiger partial charge in [0.05, 0.1) is 11.9 Å². The number of nitrogens with two attached hydrogens (primary N) is 1. The summed E-state index contributed by atoms with van der Waals surface area (Å²) in [6, 6.07) is 0.212. The molecule has 0 aromatic heterocycles. The minimum Gasteiger partial charge on any atom is -0.387 e. The zero-order valence-electron chi connectivity index (χ0n) is 8.99. The van der Waals surface area contributed by atoms with Gasteiger partial charge in [-0.05, 0) is 12.8 Å². The summed E-state index contributed by atoms with van der Waals surface area (Å²) < 4.78 is 0. The lowest BCUT2D eigenvalue weighted by molar-refractivity contribution is -0.132. The summed E-state index contributed by atoms with van der Waals surface area (Å²) in [6.07, 6.45) is 3.32. The molecular formula is C10H19N3O. The second-order valence-corrected chi connectivity index (χ2v) is 3.84. The highest BCUT2D eigenvalue weighted by molar-refractivity contribution is 5.81. The molecule has 1 heterocycles. The van der Waals surface area contributed by atoms with E-state index in [0.717, 1.165) is 25.1 Å². The molecule has 1 aliphatic rings. The van der Waals surface area contributed by atoms with Gasteiger partial charge in [0.25, 0.3) is 0 Å². The number of amides is 1. The molecule has 1 saturated heterocycles. The van der Waals surface area contributed by atoms with E-state index in [4.69, 9.17) is 5.73 Å². The topological polar surface area (TPSA) is 58.7 Å². The Kier molecular flexibility index (Phi) is 3.92. The van der Waals surface area contributed by atoms with Crippen molar-refractivity contribution >= 4 is 11.7 Å². The van der Waals surface area contributed by atoms with Crippen LogP contribution in [0.15, 0.2) is 4.99 Å². The average Bonchev–Trinajstić information content (AvgIpc) is 2.12. The molecule has 0 aliphatic carbocycles. The highest BCUT2D eigenvalue weighted by Gasteiger charge is 2.22. The standard InChI is InChI=1S/C10H19N3O/c1-3-4-9(11)12-8-5-6-10(14)13(2)7-8/h8H,3-7H2,1-2H3,(H2,11,12). The Balaban J connectivity index is 2.47. The molecule has 4 nitrogen and oxygen atoms in total. The third-order valence-corrected chi connectivity index (χ3v) is 2.46. The summed E-state index contributed by atoms with van der Waals surface area (Å²) in [4.78, 5) is 17.3. The van der Waals surface area contributed by atoms with E-state index in [9.17, 15) is 4.79 Å². The number of carbonyl (C=O) groups excluding carboxylic acids is 1. The largest absolute Gasteiger partial charge is 0.387 e. The summed E-state index contributed by atoms with van der Waals surface area (Å²) in [6.45, 7) is 2.79. The Hall–Kier alpha value is -1.06.